The van der Waals surface area contributed by atoms with E-state index in [1.54, 1.807) is 0 Å². The normalized spacial score (nSPS) is 26.1. The van der Waals surface area contributed by atoms with Crippen LogP contribution in [0.3, 0.4) is 0 Å². The highest BCUT2D eigenvalue weighted by Gasteiger charge is 2.40. The molecule has 1 N–H and O–H groups in total. The lowest BCUT2D eigenvalue weighted by Gasteiger charge is -2.22. The molecule has 2 unspecified atom stereocenters. The maximum atomic E-state index is 9.36. The van der Waals surface area contributed by atoms with Gasteiger partial charge in [0.2, 0.25) is 0 Å². The number of aryl methyl sites for hydroxylation is 2. The molecule has 0 amide bonds. The van der Waals surface area contributed by atoms with Crippen LogP contribution in [0.1, 0.15) is 37.3 Å². The van der Waals surface area contributed by atoms with Crippen LogP contribution >= 0.6 is 0 Å². The predicted molar refractivity (Wildman–Crippen MR) is 76.2 cm³/mol. The summed E-state index contributed by atoms with van der Waals surface area (Å²) in [6, 6.07) is 8.68. The van der Waals surface area contributed by atoms with Gasteiger partial charge in [-0.15, -0.1) is 0 Å². The Balaban J connectivity index is 2.06. The van der Waals surface area contributed by atoms with Gasteiger partial charge >= 0.3 is 0 Å². The molecule has 1 aliphatic rings. The summed E-state index contributed by atoms with van der Waals surface area (Å²) in [5, 5.41) is 12.7. The Morgan fingerprint density at radius 2 is 2.26 bits per heavy atom. The number of hydrogen-bond acceptors (Lipinski definition) is 3. The van der Waals surface area contributed by atoms with Crippen molar-refractivity contribution in [1.82, 2.24) is 5.32 Å². The summed E-state index contributed by atoms with van der Waals surface area (Å²) in [5.74, 6) is 0.954. The first-order chi connectivity index (χ1) is 9.08. The highest BCUT2D eigenvalue weighted by molar-refractivity contribution is 5.36. The molecule has 0 spiro atoms. The molecule has 102 valence electrons. The van der Waals surface area contributed by atoms with Crippen LogP contribution < -0.4 is 10.1 Å². The van der Waals surface area contributed by atoms with Crippen molar-refractivity contribution < 1.29 is 4.74 Å². The molecule has 19 heavy (non-hydrogen) atoms. The minimum atomic E-state index is -0.392. The predicted octanol–water partition coefficient (Wildman–Crippen LogP) is 3.11. The lowest BCUT2D eigenvalue weighted by Crippen LogP contribution is -2.42. The fourth-order valence-corrected chi connectivity index (χ4v) is 2.75. The van der Waals surface area contributed by atoms with Gasteiger partial charge in [0.1, 0.15) is 17.4 Å². The maximum absolute atomic E-state index is 9.36. The molecule has 0 bridgehead atoms. The van der Waals surface area contributed by atoms with Crippen LogP contribution in [-0.2, 0) is 0 Å². The SMILES string of the molecule is CCNC1(C#N)CCC(Oc2cc(C)ccc2C)C1. The van der Waals surface area contributed by atoms with Crippen molar-refractivity contribution in [3.05, 3.63) is 29.3 Å². The Morgan fingerprint density at radius 1 is 1.47 bits per heavy atom. The van der Waals surface area contributed by atoms with Crippen LogP contribution in [0.5, 0.6) is 5.75 Å². The van der Waals surface area contributed by atoms with E-state index in [0.29, 0.717) is 0 Å². The van der Waals surface area contributed by atoms with Crippen molar-refractivity contribution in [2.24, 2.45) is 0 Å². The molecule has 2 atom stereocenters. The standard InChI is InChI=1S/C16H22N2O/c1-4-18-16(11-17)8-7-14(10-16)19-15-9-12(2)5-6-13(15)3/h5-6,9,14,18H,4,7-8,10H2,1-3H3. The molecule has 3 nitrogen and oxygen atoms in total. The Labute approximate surface area is 115 Å². The second-order valence-corrected chi connectivity index (χ2v) is 5.48. The number of nitrogens with zero attached hydrogens (tertiary/aromatic N) is 1. The van der Waals surface area contributed by atoms with Gasteiger partial charge in [0.25, 0.3) is 0 Å². The lowest BCUT2D eigenvalue weighted by atomic mass is 10.00. The summed E-state index contributed by atoms with van der Waals surface area (Å²) >= 11 is 0. The number of hydrogen-bond donors (Lipinski definition) is 1. The highest BCUT2D eigenvalue weighted by atomic mass is 16.5. The van der Waals surface area contributed by atoms with Crippen LogP contribution in [0.15, 0.2) is 18.2 Å². The third-order valence-electron chi connectivity index (χ3n) is 3.84. The van der Waals surface area contributed by atoms with Crippen molar-refractivity contribution in [3.63, 3.8) is 0 Å². The van der Waals surface area contributed by atoms with Gasteiger partial charge in [-0.1, -0.05) is 19.1 Å². The number of benzene rings is 1. The zero-order valence-electron chi connectivity index (χ0n) is 12.0. The van der Waals surface area contributed by atoms with Crippen molar-refractivity contribution in [2.75, 3.05) is 6.54 Å². The zero-order chi connectivity index (χ0) is 13.9. The van der Waals surface area contributed by atoms with Gasteiger partial charge < -0.3 is 4.74 Å². The van der Waals surface area contributed by atoms with E-state index in [1.807, 2.05) is 6.92 Å². The van der Waals surface area contributed by atoms with Crippen molar-refractivity contribution in [2.45, 2.75) is 51.7 Å². The largest absolute Gasteiger partial charge is 0.490 e. The highest BCUT2D eigenvalue weighted by Crippen LogP contribution is 2.33. The number of nitrogens with one attached hydrogen (secondary N) is 1. The molecule has 1 aromatic carbocycles. The van der Waals surface area contributed by atoms with E-state index >= 15 is 0 Å². The topological polar surface area (TPSA) is 45.0 Å². The van der Waals surface area contributed by atoms with Gasteiger partial charge in [-0.3, -0.25) is 5.32 Å². The van der Waals surface area contributed by atoms with Gasteiger partial charge in [-0.25, -0.2) is 0 Å². The maximum Gasteiger partial charge on any atom is 0.122 e. The van der Waals surface area contributed by atoms with Gasteiger partial charge in [0.15, 0.2) is 0 Å². The van der Waals surface area contributed by atoms with E-state index in [0.717, 1.165) is 37.1 Å². The van der Waals surface area contributed by atoms with E-state index in [2.05, 4.69) is 43.4 Å². The summed E-state index contributed by atoms with van der Waals surface area (Å²) in [6.07, 6.45) is 2.71. The first-order valence-electron chi connectivity index (χ1n) is 6.99. The van der Waals surface area contributed by atoms with E-state index in [1.165, 1.54) is 5.56 Å². The van der Waals surface area contributed by atoms with Crippen LogP contribution in [0.25, 0.3) is 0 Å². The summed E-state index contributed by atoms with van der Waals surface area (Å²) in [4.78, 5) is 0. The fraction of sp³-hybridized carbons (Fsp3) is 0.562. The third kappa shape index (κ3) is 3.08. The molecule has 1 aliphatic carbocycles. The van der Waals surface area contributed by atoms with Crippen molar-refractivity contribution in [3.8, 4) is 11.8 Å². The number of nitriles is 1. The third-order valence-corrected chi connectivity index (χ3v) is 3.84. The van der Waals surface area contributed by atoms with Gasteiger partial charge in [-0.05, 0) is 50.4 Å². The smallest absolute Gasteiger partial charge is 0.122 e. The summed E-state index contributed by atoms with van der Waals surface area (Å²) in [7, 11) is 0. The summed E-state index contributed by atoms with van der Waals surface area (Å²) < 4.78 is 6.10. The Hall–Kier alpha value is -1.53. The Morgan fingerprint density at radius 3 is 2.95 bits per heavy atom. The average molecular weight is 258 g/mol. The first-order valence-corrected chi connectivity index (χ1v) is 6.99. The molecule has 2 rings (SSSR count). The van der Waals surface area contributed by atoms with Crippen LogP contribution in [0.2, 0.25) is 0 Å². The van der Waals surface area contributed by atoms with Crippen LogP contribution in [0.4, 0.5) is 0 Å². The molecule has 0 heterocycles. The molecule has 1 fully saturated rings. The van der Waals surface area contributed by atoms with E-state index in [-0.39, 0.29) is 6.10 Å². The molecule has 0 radical (unpaired) electrons. The first kappa shape index (κ1) is 13.9. The Bertz CT molecular complexity index is 492. The zero-order valence-corrected chi connectivity index (χ0v) is 12.0. The Kier molecular flexibility index (Phi) is 4.11. The number of rotatable bonds is 4. The van der Waals surface area contributed by atoms with E-state index in [9.17, 15) is 5.26 Å². The molecule has 3 heteroatoms. The molecule has 0 aliphatic heterocycles. The second-order valence-electron chi connectivity index (χ2n) is 5.48. The summed E-state index contributed by atoms with van der Waals surface area (Å²) in [5.41, 5.74) is 1.97. The van der Waals surface area contributed by atoms with Crippen molar-refractivity contribution in [1.29, 1.82) is 5.26 Å². The van der Waals surface area contributed by atoms with Crippen LogP contribution in [0, 0.1) is 25.2 Å². The second kappa shape index (κ2) is 5.63. The molecule has 1 saturated carbocycles. The molecular formula is C16H22N2O. The van der Waals surface area contributed by atoms with Gasteiger partial charge in [0.05, 0.1) is 6.07 Å². The monoisotopic (exact) mass is 258 g/mol. The van der Waals surface area contributed by atoms with Crippen LogP contribution in [-0.4, -0.2) is 18.2 Å². The molecule has 0 aromatic heterocycles. The molecular weight excluding hydrogens is 236 g/mol. The summed E-state index contributed by atoms with van der Waals surface area (Å²) in [6.45, 7) is 6.99. The number of ether oxygens (including phenoxy) is 1. The molecule has 1 aromatic rings. The van der Waals surface area contributed by atoms with E-state index in [4.69, 9.17) is 4.74 Å². The minimum absolute atomic E-state index is 0.138. The van der Waals surface area contributed by atoms with E-state index < -0.39 is 5.54 Å². The minimum Gasteiger partial charge on any atom is -0.490 e. The van der Waals surface area contributed by atoms with Gasteiger partial charge in [0, 0.05) is 6.42 Å². The van der Waals surface area contributed by atoms with Crippen molar-refractivity contribution >= 4 is 0 Å². The molecule has 0 saturated heterocycles. The quantitative estimate of drug-likeness (QED) is 0.902. The average Bonchev–Trinajstić information content (AvgIpc) is 2.78. The van der Waals surface area contributed by atoms with Gasteiger partial charge in [-0.2, -0.15) is 5.26 Å². The lowest BCUT2D eigenvalue weighted by molar-refractivity contribution is 0.200. The fourth-order valence-electron chi connectivity index (χ4n) is 2.75.